The number of β-amino-alcohol motifs (C(OH)–C–C–N with tert-alkyl or cyclic N) is 1. The minimum atomic E-state index is -4.76. The lowest BCUT2D eigenvalue weighted by Gasteiger charge is -2.12. The highest BCUT2D eigenvalue weighted by atomic mass is 35.5. The molecule has 13 nitrogen and oxygen atoms in total. The molecular formula is C26H24ClF3N10O3. The number of aromatic nitrogens is 5. The number of carbonyl (C=O) groups is 2. The van der Waals surface area contributed by atoms with E-state index in [9.17, 15) is 27.9 Å². The Bertz CT molecular complexity index is 1710. The van der Waals surface area contributed by atoms with Crippen molar-refractivity contribution in [3.63, 3.8) is 0 Å². The van der Waals surface area contributed by atoms with Crippen LogP contribution < -0.4 is 21.3 Å². The maximum Gasteiger partial charge on any atom is 0.435 e. The molecule has 43 heavy (non-hydrogen) atoms. The van der Waals surface area contributed by atoms with Crippen LogP contribution in [0.1, 0.15) is 22.5 Å². The Hall–Kier alpha value is -4.72. The number of hydrogen-bond acceptors (Lipinski definition) is 9. The summed E-state index contributed by atoms with van der Waals surface area (Å²) in [6.07, 6.45) is 0.217. The first-order chi connectivity index (χ1) is 20.5. The van der Waals surface area contributed by atoms with Gasteiger partial charge in [-0.3, -0.25) is 18.7 Å². The zero-order chi connectivity index (χ0) is 30.7. The van der Waals surface area contributed by atoms with Gasteiger partial charge < -0.3 is 26.4 Å². The Balaban J connectivity index is 1.27. The minimum absolute atomic E-state index is 0.0929. The van der Waals surface area contributed by atoms with Gasteiger partial charge in [-0.05, 0) is 24.6 Å². The van der Waals surface area contributed by atoms with Crippen LogP contribution in [-0.4, -0.2) is 72.9 Å². The fourth-order valence-electron chi connectivity index (χ4n) is 4.59. The molecule has 1 fully saturated rings. The van der Waals surface area contributed by atoms with Gasteiger partial charge in [0, 0.05) is 43.9 Å². The number of nitriles is 1. The zero-order valence-electron chi connectivity index (χ0n) is 22.2. The number of imidazole rings is 1. The van der Waals surface area contributed by atoms with Crippen molar-refractivity contribution in [3.8, 4) is 17.3 Å². The molecule has 0 saturated carbocycles. The molecule has 3 aromatic heterocycles. The van der Waals surface area contributed by atoms with Crippen LogP contribution in [0.3, 0.4) is 0 Å². The molecule has 17 heteroatoms. The summed E-state index contributed by atoms with van der Waals surface area (Å²) in [5.41, 5.74) is -0.481. The molecule has 1 saturated heterocycles. The van der Waals surface area contributed by atoms with Crippen LogP contribution in [0, 0.1) is 11.3 Å². The lowest BCUT2D eigenvalue weighted by atomic mass is 10.2. The van der Waals surface area contributed by atoms with Crippen molar-refractivity contribution in [3.05, 3.63) is 59.3 Å². The quantitative estimate of drug-likeness (QED) is 0.176. The van der Waals surface area contributed by atoms with Crippen LogP contribution in [0.15, 0.2) is 43.0 Å². The van der Waals surface area contributed by atoms with Crippen molar-refractivity contribution < 1.29 is 27.9 Å². The number of nitrogens with one attached hydrogen (secondary N) is 4. The van der Waals surface area contributed by atoms with E-state index in [0.29, 0.717) is 18.7 Å². The van der Waals surface area contributed by atoms with Gasteiger partial charge in [-0.1, -0.05) is 11.6 Å². The monoisotopic (exact) mass is 616 g/mol. The molecule has 0 radical (unpaired) electrons. The van der Waals surface area contributed by atoms with E-state index in [0.717, 1.165) is 10.9 Å². The van der Waals surface area contributed by atoms with Gasteiger partial charge in [-0.25, -0.2) is 9.97 Å². The van der Waals surface area contributed by atoms with E-state index in [-0.39, 0.29) is 58.8 Å². The van der Waals surface area contributed by atoms with Crippen molar-refractivity contribution in [2.45, 2.75) is 31.3 Å². The van der Waals surface area contributed by atoms with Crippen molar-refractivity contribution in [2.75, 3.05) is 25.0 Å². The first-order valence-electron chi connectivity index (χ1n) is 12.9. The molecule has 1 aliphatic rings. The number of rotatable bonds is 9. The number of carbonyl (C=O) groups excluding carboxylic acids is 2. The third-order valence-electron chi connectivity index (χ3n) is 6.58. The lowest BCUT2D eigenvalue weighted by Crippen LogP contribution is -2.43. The van der Waals surface area contributed by atoms with Gasteiger partial charge in [0.25, 0.3) is 5.91 Å². The molecular weight excluding hydrogens is 593 g/mol. The smallest absolute Gasteiger partial charge is 0.392 e. The van der Waals surface area contributed by atoms with Crippen molar-refractivity contribution >= 4 is 40.6 Å². The molecule has 0 bridgehead atoms. The maximum absolute atomic E-state index is 13.7. The predicted molar refractivity (Wildman–Crippen MR) is 147 cm³/mol. The Kier molecular flexibility index (Phi) is 8.48. The van der Waals surface area contributed by atoms with Crippen molar-refractivity contribution in [1.82, 2.24) is 40.1 Å². The third-order valence-corrected chi connectivity index (χ3v) is 6.89. The highest BCUT2D eigenvalue weighted by Gasteiger charge is 2.38. The number of alkyl halides is 3. The summed E-state index contributed by atoms with van der Waals surface area (Å²) in [7, 11) is 0. The molecule has 4 heterocycles. The van der Waals surface area contributed by atoms with E-state index in [4.69, 9.17) is 16.9 Å². The second-order valence-electron chi connectivity index (χ2n) is 9.57. The summed E-state index contributed by atoms with van der Waals surface area (Å²) in [4.78, 5) is 33.2. The highest BCUT2D eigenvalue weighted by molar-refractivity contribution is 6.34. The SMILES string of the molecule is N#CCn1cc(-c2cnc3c(Nc4ccc(C(=O)NCCNC(=O)[C@@H]5C[C@@H](O)CN5)c(Cl)c4)nccn23)c(C(F)(F)F)n1. The van der Waals surface area contributed by atoms with Crippen LogP contribution in [0.4, 0.5) is 24.7 Å². The normalized spacial score (nSPS) is 16.7. The van der Waals surface area contributed by atoms with Gasteiger partial charge in [0.05, 0.1) is 46.3 Å². The number of halogens is 4. The van der Waals surface area contributed by atoms with Crippen molar-refractivity contribution in [1.29, 1.82) is 5.26 Å². The Morgan fingerprint density at radius 2 is 2.02 bits per heavy atom. The summed E-state index contributed by atoms with van der Waals surface area (Å²) < 4.78 is 43.4. The average molecular weight is 617 g/mol. The zero-order valence-corrected chi connectivity index (χ0v) is 22.9. The first-order valence-corrected chi connectivity index (χ1v) is 13.3. The fraction of sp³-hybridized carbons (Fsp3) is 0.308. The van der Waals surface area contributed by atoms with E-state index >= 15 is 0 Å². The topological polar surface area (TPSA) is 174 Å². The summed E-state index contributed by atoms with van der Waals surface area (Å²) in [6, 6.07) is 5.84. The van der Waals surface area contributed by atoms with E-state index in [1.165, 1.54) is 35.1 Å². The second kappa shape index (κ2) is 12.3. The molecule has 2 amide bonds. The van der Waals surface area contributed by atoms with Crippen LogP contribution in [0.5, 0.6) is 0 Å². The molecule has 5 rings (SSSR count). The number of amides is 2. The molecule has 1 aliphatic heterocycles. The van der Waals surface area contributed by atoms with Gasteiger partial charge in [0.15, 0.2) is 17.2 Å². The Labute approximate surface area is 246 Å². The van der Waals surface area contributed by atoms with Gasteiger partial charge in [0.1, 0.15) is 6.54 Å². The number of fused-ring (bicyclic) bond motifs is 1. The number of aliphatic hydroxyl groups excluding tert-OH is 1. The van der Waals surface area contributed by atoms with E-state index in [1.54, 1.807) is 12.1 Å². The molecule has 224 valence electrons. The van der Waals surface area contributed by atoms with E-state index in [1.807, 2.05) is 0 Å². The number of hydrogen-bond donors (Lipinski definition) is 5. The van der Waals surface area contributed by atoms with Gasteiger partial charge >= 0.3 is 6.18 Å². The number of benzene rings is 1. The molecule has 0 unspecified atom stereocenters. The molecule has 1 aromatic carbocycles. The highest BCUT2D eigenvalue weighted by Crippen LogP contribution is 2.37. The summed E-state index contributed by atoms with van der Waals surface area (Å²) in [5, 5.41) is 33.3. The summed E-state index contributed by atoms with van der Waals surface area (Å²) >= 11 is 6.36. The van der Waals surface area contributed by atoms with Gasteiger partial charge in [-0.15, -0.1) is 0 Å². The largest absolute Gasteiger partial charge is 0.435 e. The van der Waals surface area contributed by atoms with Gasteiger partial charge in [0.2, 0.25) is 5.91 Å². The van der Waals surface area contributed by atoms with E-state index in [2.05, 4.69) is 36.3 Å². The second-order valence-corrected chi connectivity index (χ2v) is 9.98. The fourth-order valence-corrected chi connectivity index (χ4v) is 4.86. The summed E-state index contributed by atoms with van der Waals surface area (Å²) in [6.45, 7) is 0.326. The predicted octanol–water partition coefficient (Wildman–Crippen LogP) is 2.10. The van der Waals surface area contributed by atoms with Crippen LogP contribution in [-0.2, 0) is 17.5 Å². The molecule has 0 spiro atoms. The number of anilines is 2. The first kappa shape index (κ1) is 29.8. The lowest BCUT2D eigenvalue weighted by molar-refractivity contribution is -0.141. The minimum Gasteiger partial charge on any atom is -0.392 e. The summed E-state index contributed by atoms with van der Waals surface area (Å²) in [5.74, 6) is -0.516. The average Bonchev–Trinajstić information content (AvgIpc) is 3.69. The van der Waals surface area contributed by atoms with E-state index < -0.39 is 29.9 Å². The molecule has 2 atom stereocenters. The maximum atomic E-state index is 13.7. The molecule has 5 N–H and O–H groups in total. The Morgan fingerprint density at radius 1 is 1.23 bits per heavy atom. The molecule has 0 aliphatic carbocycles. The van der Waals surface area contributed by atoms with Crippen LogP contribution in [0.2, 0.25) is 5.02 Å². The number of nitrogens with zero attached hydrogens (tertiary/aromatic N) is 6. The van der Waals surface area contributed by atoms with Crippen LogP contribution in [0.25, 0.3) is 16.9 Å². The number of aliphatic hydroxyl groups is 1. The molecule has 4 aromatic rings. The standard InChI is InChI=1S/C26H24ClF3N10O3/c27-18-9-14(1-2-16(18)24(42)33-4-5-34-25(43)19-10-15(41)11-35-19)37-22-23-36-12-20(40(23)8-6-32-22)17-13-39(7-3-31)38-21(17)26(28,29)30/h1-2,6,8-9,12-13,15,19,35,41H,4-5,7,10-11H2,(H,32,37)(H,33,42)(H,34,43)/t15-,19+/m1/s1. The third kappa shape index (κ3) is 6.53. The van der Waals surface area contributed by atoms with Crippen LogP contribution >= 0.6 is 11.6 Å². The Morgan fingerprint density at radius 3 is 2.72 bits per heavy atom. The van der Waals surface area contributed by atoms with Gasteiger partial charge in [-0.2, -0.15) is 23.5 Å². The van der Waals surface area contributed by atoms with Crippen molar-refractivity contribution in [2.24, 2.45) is 0 Å².